The van der Waals surface area contributed by atoms with Crippen LogP contribution in [0.5, 0.6) is 0 Å². The Morgan fingerprint density at radius 1 is 1.19 bits per heavy atom. The smallest absolute Gasteiger partial charge is 0.223 e. The van der Waals surface area contributed by atoms with Gasteiger partial charge in [-0.15, -0.1) is 11.8 Å². The van der Waals surface area contributed by atoms with Gasteiger partial charge in [-0.2, -0.15) is 4.98 Å². The Labute approximate surface area is 127 Å². The number of hydrogen-bond donors (Lipinski definition) is 1. The van der Waals surface area contributed by atoms with E-state index in [9.17, 15) is 0 Å². The normalized spacial score (nSPS) is 11.1. The van der Waals surface area contributed by atoms with Gasteiger partial charge in [0.15, 0.2) is 5.65 Å². The highest BCUT2D eigenvalue weighted by atomic mass is 32.2. The molecule has 0 bridgehead atoms. The minimum Gasteiger partial charge on any atom is -0.368 e. The van der Waals surface area contributed by atoms with Crippen LogP contribution >= 0.6 is 11.8 Å². The molecule has 0 radical (unpaired) electrons. The average Bonchev–Trinajstić information content (AvgIpc) is 2.89. The molecule has 6 heteroatoms. The fraction of sp³-hybridized carbons (Fsp3) is 0.267. The predicted molar refractivity (Wildman–Crippen MR) is 86.3 cm³/mol. The van der Waals surface area contributed by atoms with Crippen LogP contribution < -0.4 is 5.73 Å². The molecule has 0 saturated carbocycles. The molecule has 3 rings (SSSR count). The molecule has 0 saturated heterocycles. The molecule has 1 aromatic carbocycles. The number of nitrogen functional groups attached to an aromatic ring is 1. The van der Waals surface area contributed by atoms with Gasteiger partial charge in [-0.25, -0.2) is 9.97 Å². The van der Waals surface area contributed by atoms with Crippen LogP contribution in [0.15, 0.2) is 41.7 Å². The lowest BCUT2D eigenvalue weighted by molar-refractivity contribution is 0.813. The summed E-state index contributed by atoms with van der Waals surface area (Å²) in [4.78, 5) is 13.1. The SMILES string of the molecule is CCCSc1nc(N)nc2c1ncn2Cc1ccccc1. The number of fused-ring (bicyclic) bond motifs is 1. The first-order chi connectivity index (χ1) is 10.3. The van der Waals surface area contributed by atoms with Crippen molar-refractivity contribution in [2.75, 3.05) is 11.5 Å². The Kier molecular flexibility index (Phi) is 4.06. The molecule has 3 aromatic rings. The second kappa shape index (κ2) is 6.13. The monoisotopic (exact) mass is 299 g/mol. The van der Waals surface area contributed by atoms with Crippen molar-refractivity contribution < 1.29 is 0 Å². The molecule has 0 unspecified atom stereocenters. The van der Waals surface area contributed by atoms with Gasteiger partial charge in [0.25, 0.3) is 0 Å². The van der Waals surface area contributed by atoms with Gasteiger partial charge in [0.05, 0.1) is 12.9 Å². The van der Waals surface area contributed by atoms with Crippen LogP contribution in [0.1, 0.15) is 18.9 Å². The molecule has 2 N–H and O–H groups in total. The number of aromatic nitrogens is 4. The van der Waals surface area contributed by atoms with E-state index in [2.05, 4.69) is 34.0 Å². The van der Waals surface area contributed by atoms with Gasteiger partial charge < -0.3 is 10.3 Å². The topological polar surface area (TPSA) is 69.6 Å². The first-order valence-electron chi connectivity index (χ1n) is 6.93. The van der Waals surface area contributed by atoms with E-state index in [4.69, 9.17) is 5.73 Å². The molecule has 21 heavy (non-hydrogen) atoms. The molecule has 0 fully saturated rings. The summed E-state index contributed by atoms with van der Waals surface area (Å²) in [7, 11) is 0. The minimum absolute atomic E-state index is 0.302. The summed E-state index contributed by atoms with van der Waals surface area (Å²) < 4.78 is 2.01. The minimum atomic E-state index is 0.302. The largest absolute Gasteiger partial charge is 0.368 e. The van der Waals surface area contributed by atoms with E-state index in [1.165, 1.54) is 5.56 Å². The lowest BCUT2D eigenvalue weighted by Crippen LogP contribution is -2.03. The Morgan fingerprint density at radius 3 is 2.76 bits per heavy atom. The Balaban J connectivity index is 1.99. The third-order valence-corrected chi connectivity index (χ3v) is 4.26. The average molecular weight is 299 g/mol. The maximum absolute atomic E-state index is 5.84. The molecular weight excluding hydrogens is 282 g/mol. The molecular formula is C15H17N5S. The van der Waals surface area contributed by atoms with E-state index in [-0.39, 0.29) is 0 Å². The van der Waals surface area contributed by atoms with Crippen molar-refractivity contribution in [3.8, 4) is 0 Å². The number of thioether (sulfide) groups is 1. The molecule has 0 aliphatic carbocycles. The maximum Gasteiger partial charge on any atom is 0.223 e. The molecule has 2 heterocycles. The van der Waals surface area contributed by atoms with Gasteiger partial charge in [-0.05, 0) is 17.7 Å². The van der Waals surface area contributed by atoms with Crippen molar-refractivity contribution in [2.24, 2.45) is 0 Å². The van der Waals surface area contributed by atoms with Crippen LogP contribution in [0.4, 0.5) is 5.95 Å². The zero-order valence-electron chi connectivity index (χ0n) is 11.9. The molecule has 0 spiro atoms. The molecule has 0 atom stereocenters. The van der Waals surface area contributed by atoms with Crippen LogP contribution in [0.2, 0.25) is 0 Å². The van der Waals surface area contributed by atoms with Crippen LogP contribution in [0, 0.1) is 0 Å². The van der Waals surface area contributed by atoms with Gasteiger partial charge in [0, 0.05) is 0 Å². The lowest BCUT2D eigenvalue weighted by atomic mass is 10.2. The summed E-state index contributed by atoms with van der Waals surface area (Å²) in [5.41, 5.74) is 8.67. The molecule has 108 valence electrons. The first-order valence-corrected chi connectivity index (χ1v) is 7.91. The van der Waals surface area contributed by atoms with Crippen molar-refractivity contribution in [1.82, 2.24) is 19.5 Å². The molecule has 0 aliphatic heterocycles. The number of hydrogen-bond acceptors (Lipinski definition) is 5. The predicted octanol–water partition coefficient (Wildman–Crippen LogP) is 2.96. The van der Waals surface area contributed by atoms with E-state index >= 15 is 0 Å². The highest BCUT2D eigenvalue weighted by Crippen LogP contribution is 2.25. The highest BCUT2D eigenvalue weighted by Gasteiger charge is 2.12. The summed E-state index contributed by atoms with van der Waals surface area (Å²) in [6, 6.07) is 10.2. The Hall–Kier alpha value is -2.08. The fourth-order valence-corrected chi connectivity index (χ4v) is 2.97. The highest BCUT2D eigenvalue weighted by molar-refractivity contribution is 7.99. The lowest BCUT2D eigenvalue weighted by Gasteiger charge is -2.05. The fourth-order valence-electron chi connectivity index (χ4n) is 2.13. The Morgan fingerprint density at radius 2 is 2.00 bits per heavy atom. The third-order valence-electron chi connectivity index (χ3n) is 3.09. The standard InChI is InChI=1S/C15H17N5S/c1-2-8-21-14-12-13(18-15(16)19-14)20(10-17-12)9-11-6-4-3-5-7-11/h3-7,10H,2,8-9H2,1H3,(H2,16,18,19). The van der Waals surface area contributed by atoms with E-state index in [0.29, 0.717) is 5.95 Å². The van der Waals surface area contributed by atoms with Gasteiger partial charge in [-0.3, -0.25) is 0 Å². The zero-order valence-corrected chi connectivity index (χ0v) is 12.7. The van der Waals surface area contributed by atoms with E-state index in [1.807, 2.05) is 29.1 Å². The summed E-state index contributed by atoms with van der Waals surface area (Å²) in [5, 5.41) is 0.867. The number of nitrogens with two attached hydrogens (primary N) is 1. The third kappa shape index (κ3) is 3.00. The number of nitrogens with zero attached hydrogens (tertiary/aromatic N) is 4. The second-order valence-electron chi connectivity index (χ2n) is 4.77. The summed E-state index contributed by atoms with van der Waals surface area (Å²) in [6.45, 7) is 2.87. The number of rotatable bonds is 5. The molecule has 0 aliphatic rings. The van der Waals surface area contributed by atoms with Crippen molar-refractivity contribution in [2.45, 2.75) is 24.9 Å². The van der Waals surface area contributed by atoms with Crippen molar-refractivity contribution in [1.29, 1.82) is 0 Å². The van der Waals surface area contributed by atoms with E-state index in [0.717, 1.165) is 34.9 Å². The van der Waals surface area contributed by atoms with Gasteiger partial charge in [0.2, 0.25) is 5.95 Å². The number of anilines is 1. The van der Waals surface area contributed by atoms with E-state index in [1.54, 1.807) is 11.8 Å². The van der Waals surface area contributed by atoms with Crippen LogP contribution in [0.25, 0.3) is 11.2 Å². The molecule has 5 nitrogen and oxygen atoms in total. The quantitative estimate of drug-likeness (QED) is 0.579. The van der Waals surface area contributed by atoms with Crippen molar-refractivity contribution in [3.63, 3.8) is 0 Å². The van der Waals surface area contributed by atoms with Crippen LogP contribution in [-0.2, 0) is 6.54 Å². The Bertz CT molecular complexity index is 738. The summed E-state index contributed by atoms with van der Waals surface area (Å²) in [5.74, 6) is 1.30. The molecule has 0 amide bonds. The second-order valence-corrected chi connectivity index (χ2v) is 5.85. The van der Waals surface area contributed by atoms with Gasteiger partial charge in [0.1, 0.15) is 10.5 Å². The van der Waals surface area contributed by atoms with Crippen molar-refractivity contribution in [3.05, 3.63) is 42.2 Å². The summed E-state index contributed by atoms with van der Waals surface area (Å²) in [6.07, 6.45) is 2.89. The zero-order chi connectivity index (χ0) is 14.7. The van der Waals surface area contributed by atoms with Gasteiger partial charge in [-0.1, -0.05) is 37.3 Å². The first kappa shape index (κ1) is 13.9. The number of imidazole rings is 1. The van der Waals surface area contributed by atoms with E-state index < -0.39 is 0 Å². The maximum atomic E-state index is 5.84. The molecule has 2 aromatic heterocycles. The van der Waals surface area contributed by atoms with Crippen LogP contribution in [-0.4, -0.2) is 25.3 Å². The number of benzene rings is 1. The van der Waals surface area contributed by atoms with Gasteiger partial charge >= 0.3 is 0 Å². The van der Waals surface area contributed by atoms with Crippen molar-refractivity contribution >= 4 is 28.9 Å². The van der Waals surface area contributed by atoms with Crippen LogP contribution in [0.3, 0.4) is 0 Å². The summed E-state index contributed by atoms with van der Waals surface area (Å²) >= 11 is 1.68.